The molecular formula is C22H18ClN3O4. The lowest BCUT2D eigenvalue weighted by Crippen LogP contribution is -2.24. The van der Waals surface area contributed by atoms with Crippen LogP contribution in [-0.2, 0) is 6.61 Å². The zero-order chi connectivity index (χ0) is 21.3. The molecule has 8 heteroatoms. The Morgan fingerprint density at radius 3 is 2.53 bits per heavy atom. The van der Waals surface area contributed by atoms with Crippen LogP contribution in [0.2, 0.25) is 5.02 Å². The molecule has 0 atom stereocenters. The van der Waals surface area contributed by atoms with Crippen LogP contribution in [0.4, 0.5) is 10.5 Å². The number of hydrazone groups is 1. The van der Waals surface area contributed by atoms with Crippen LogP contribution in [0.3, 0.4) is 0 Å². The Bertz CT molecular complexity index is 1070. The molecule has 0 unspecified atom stereocenters. The van der Waals surface area contributed by atoms with E-state index in [2.05, 4.69) is 15.8 Å². The van der Waals surface area contributed by atoms with Gasteiger partial charge in [0.2, 0.25) is 0 Å². The third-order valence-electron chi connectivity index (χ3n) is 3.96. The summed E-state index contributed by atoms with van der Waals surface area (Å²) in [5, 5.41) is 15.9. The lowest BCUT2D eigenvalue weighted by Gasteiger charge is -2.07. The number of carbonyl (C=O) groups is 2. The van der Waals surface area contributed by atoms with Crippen LogP contribution in [0, 0.1) is 0 Å². The van der Waals surface area contributed by atoms with E-state index in [4.69, 9.17) is 21.4 Å². The molecule has 152 valence electrons. The predicted molar refractivity (Wildman–Crippen MR) is 115 cm³/mol. The lowest BCUT2D eigenvalue weighted by molar-refractivity contribution is 0.0696. The average Bonchev–Trinajstić information content (AvgIpc) is 2.75. The van der Waals surface area contributed by atoms with E-state index in [9.17, 15) is 9.59 Å². The molecule has 0 radical (unpaired) electrons. The van der Waals surface area contributed by atoms with Crippen molar-refractivity contribution >= 4 is 35.5 Å². The van der Waals surface area contributed by atoms with Crippen LogP contribution in [-0.4, -0.2) is 23.3 Å². The average molecular weight is 424 g/mol. The van der Waals surface area contributed by atoms with Gasteiger partial charge in [-0.25, -0.2) is 15.0 Å². The largest absolute Gasteiger partial charge is 0.489 e. The van der Waals surface area contributed by atoms with Gasteiger partial charge in [0.25, 0.3) is 0 Å². The number of nitrogens with zero attached hydrogens (tertiary/aromatic N) is 1. The number of hydrogen-bond acceptors (Lipinski definition) is 4. The van der Waals surface area contributed by atoms with Gasteiger partial charge >= 0.3 is 12.0 Å². The van der Waals surface area contributed by atoms with Crippen LogP contribution in [0.15, 0.2) is 77.9 Å². The van der Waals surface area contributed by atoms with Crippen LogP contribution in [0.5, 0.6) is 5.75 Å². The van der Waals surface area contributed by atoms with E-state index in [0.29, 0.717) is 16.5 Å². The summed E-state index contributed by atoms with van der Waals surface area (Å²) in [6.07, 6.45) is 1.49. The highest BCUT2D eigenvalue weighted by molar-refractivity contribution is 6.33. The number of hydrogen-bond donors (Lipinski definition) is 3. The summed E-state index contributed by atoms with van der Waals surface area (Å²) in [4.78, 5) is 22.9. The number of carboxylic acid groups (broad SMARTS) is 1. The number of carboxylic acids is 1. The van der Waals surface area contributed by atoms with Gasteiger partial charge in [-0.1, -0.05) is 35.9 Å². The zero-order valence-electron chi connectivity index (χ0n) is 15.7. The van der Waals surface area contributed by atoms with Crippen molar-refractivity contribution in [1.29, 1.82) is 0 Å². The van der Waals surface area contributed by atoms with Crippen LogP contribution in [0.25, 0.3) is 0 Å². The molecule has 0 saturated heterocycles. The standard InChI is InChI=1S/C22H18ClN3O4/c23-19-6-1-2-7-20(19)25-22(29)26-24-13-15-8-10-18(11-9-15)30-14-16-4-3-5-17(12-16)21(27)28/h1-13H,14H2,(H,27,28)(H2,25,26,29). The van der Waals surface area contributed by atoms with Crippen molar-refractivity contribution in [2.45, 2.75) is 6.61 Å². The van der Waals surface area contributed by atoms with Gasteiger partial charge in [-0.05, 0) is 59.7 Å². The number of aromatic carboxylic acids is 1. The summed E-state index contributed by atoms with van der Waals surface area (Å²) < 4.78 is 5.67. The third kappa shape index (κ3) is 6.08. The molecule has 3 N–H and O–H groups in total. The second kappa shape index (κ2) is 10.1. The fourth-order valence-electron chi connectivity index (χ4n) is 2.49. The molecule has 2 amide bonds. The molecule has 0 aliphatic carbocycles. The van der Waals surface area contributed by atoms with Gasteiger partial charge in [0.05, 0.1) is 22.5 Å². The number of halogens is 1. The van der Waals surface area contributed by atoms with Crippen molar-refractivity contribution < 1.29 is 19.4 Å². The highest BCUT2D eigenvalue weighted by atomic mass is 35.5. The summed E-state index contributed by atoms with van der Waals surface area (Å²) >= 11 is 5.98. The number of anilines is 1. The molecule has 3 aromatic rings. The Morgan fingerprint density at radius 2 is 1.80 bits per heavy atom. The van der Waals surface area contributed by atoms with Gasteiger partial charge in [-0.2, -0.15) is 5.10 Å². The van der Waals surface area contributed by atoms with Crippen LogP contribution < -0.4 is 15.5 Å². The molecule has 7 nitrogen and oxygen atoms in total. The molecule has 0 bridgehead atoms. The number of urea groups is 1. The van der Waals surface area contributed by atoms with E-state index in [-0.39, 0.29) is 12.2 Å². The third-order valence-corrected chi connectivity index (χ3v) is 4.29. The van der Waals surface area contributed by atoms with E-state index in [1.54, 1.807) is 66.7 Å². The van der Waals surface area contributed by atoms with Crippen LogP contribution >= 0.6 is 11.6 Å². The van der Waals surface area contributed by atoms with Gasteiger partial charge in [0.15, 0.2) is 0 Å². The summed E-state index contributed by atoms with van der Waals surface area (Å²) in [7, 11) is 0. The minimum Gasteiger partial charge on any atom is -0.489 e. The second-order valence-corrected chi connectivity index (χ2v) is 6.57. The summed E-state index contributed by atoms with van der Waals surface area (Å²) in [5.74, 6) is -0.355. The first-order chi connectivity index (χ1) is 14.5. The normalized spacial score (nSPS) is 10.6. The zero-order valence-corrected chi connectivity index (χ0v) is 16.5. The number of carbonyl (C=O) groups excluding carboxylic acids is 1. The van der Waals surface area contributed by atoms with Crippen LogP contribution in [0.1, 0.15) is 21.5 Å². The molecule has 30 heavy (non-hydrogen) atoms. The molecule has 0 heterocycles. The van der Waals surface area contributed by atoms with Gasteiger partial charge in [-0.3, -0.25) is 0 Å². The van der Waals surface area contributed by atoms with E-state index in [1.165, 1.54) is 12.3 Å². The van der Waals surface area contributed by atoms with Gasteiger partial charge in [0, 0.05) is 0 Å². The van der Waals surface area contributed by atoms with E-state index in [0.717, 1.165) is 11.1 Å². The van der Waals surface area contributed by atoms with Crippen molar-refractivity contribution in [2.24, 2.45) is 5.10 Å². The van der Waals surface area contributed by atoms with E-state index in [1.807, 2.05) is 0 Å². The monoisotopic (exact) mass is 423 g/mol. The Balaban J connectivity index is 1.49. The Labute approximate surface area is 178 Å². The van der Waals surface area contributed by atoms with Crippen molar-refractivity contribution in [1.82, 2.24) is 5.43 Å². The fourth-order valence-corrected chi connectivity index (χ4v) is 2.67. The first-order valence-corrected chi connectivity index (χ1v) is 9.29. The number of rotatable bonds is 7. The Morgan fingerprint density at radius 1 is 1.03 bits per heavy atom. The molecule has 0 aliphatic heterocycles. The van der Waals surface area contributed by atoms with Crippen molar-refractivity contribution in [2.75, 3.05) is 5.32 Å². The molecule has 3 rings (SSSR count). The summed E-state index contributed by atoms with van der Waals surface area (Å²) in [6.45, 7) is 0.248. The number of benzene rings is 3. The first-order valence-electron chi connectivity index (χ1n) is 8.91. The van der Waals surface area contributed by atoms with Gasteiger partial charge in [-0.15, -0.1) is 0 Å². The lowest BCUT2D eigenvalue weighted by atomic mass is 10.1. The smallest absolute Gasteiger partial charge is 0.339 e. The molecule has 3 aromatic carbocycles. The molecule has 0 spiro atoms. The Kier molecular flexibility index (Phi) is 7.02. The van der Waals surface area contributed by atoms with Gasteiger partial charge < -0.3 is 15.2 Å². The quantitative estimate of drug-likeness (QED) is 0.376. The summed E-state index contributed by atoms with van der Waals surface area (Å²) in [6, 6.07) is 20.0. The van der Waals surface area contributed by atoms with E-state index < -0.39 is 12.0 Å². The summed E-state index contributed by atoms with van der Waals surface area (Å²) in [5.41, 5.74) is 4.58. The molecular weight excluding hydrogens is 406 g/mol. The predicted octanol–water partition coefficient (Wildman–Crippen LogP) is 4.77. The minimum atomic E-state index is -0.977. The maximum Gasteiger partial charge on any atom is 0.339 e. The fraction of sp³-hybridized carbons (Fsp3) is 0.0455. The molecule has 0 fully saturated rings. The van der Waals surface area contributed by atoms with E-state index >= 15 is 0 Å². The minimum absolute atomic E-state index is 0.216. The highest BCUT2D eigenvalue weighted by Gasteiger charge is 2.04. The number of ether oxygens (including phenoxy) is 1. The number of para-hydroxylation sites is 1. The molecule has 0 aromatic heterocycles. The molecule has 0 saturated carbocycles. The SMILES string of the molecule is O=C(NN=Cc1ccc(OCc2cccc(C(=O)O)c2)cc1)Nc1ccccc1Cl. The maximum atomic E-state index is 11.8. The highest BCUT2D eigenvalue weighted by Crippen LogP contribution is 2.20. The maximum absolute atomic E-state index is 11.8. The molecule has 0 aliphatic rings. The topological polar surface area (TPSA) is 100 Å². The number of nitrogens with one attached hydrogen (secondary N) is 2. The Hall–Kier alpha value is -3.84. The second-order valence-electron chi connectivity index (χ2n) is 6.17. The van der Waals surface area contributed by atoms with Crippen molar-refractivity contribution in [3.05, 3.63) is 94.5 Å². The first kappa shape index (κ1) is 20.9. The van der Waals surface area contributed by atoms with Crippen molar-refractivity contribution in [3.8, 4) is 5.75 Å². The number of amides is 2. The van der Waals surface area contributed by atoms with Crippen molar-refractivity contribution in [3.63, 3.8) is 0 Å². The van der Waals surface area contributed by atoms with Gasteiger partial charge in [0.1, 0.15) is 12.4 Å².